The van der Waals surface area contributed by atoms with Gasteiger partial charge >= 0.3 is 5.97 Å². The molecule has 6 nitrogen and oxygen atoms in total. The maximum atomic E-state index is 11.6. The maximum Gasteiger partial charge on any atom is 0.327 e. The van der Waals surface area contributed by atoms with E-state index in [1.807, 2.05) is 17.5 Å². The topological polar surface area (TPSA) is 95.5 Å². The average Bonchev–Trinajstić information content (AvgIpc) is 2.90. The fraction of sp³-hybridized carbons (Fsp3) is 0.462. The van der Waals surface area contributed by atoms with Crippen molar-refractivity contribution in [1.29, 1.82) is 0 Å². The molecule has 0 bridgehead atoms. The van der Waals surface area contributed by atoms with Crippen LogP contribution in [0.4, 0.5) is 0 Å². The van der Waals surface area contributed by atoms with E-state index >= 15 is 0 Å². The van der Waals surface area contributed by atoms with Gasteiger partial charge in [-0.3, -0.25) is 9.59 Å². The lowest BCUT2D eigenvalue weighted by Gasteiger charge is -2.12. The molecule has 1 rings (SSSR count). The highest BCUT2D eigenvalue weighted by Crippen LogP contribution is 2.08. The van der Waals surface area contributed by atoms with E-state index in [0.29, 0.717) is 6.54 Å². The summed E-state index contributed by atoms with van der Waals surface area (Å²) < 4.78 is 0. The molecule has 1 aromatic heterocycles. The van der Waals surface area contributed by atoms with Crippen LogP contribution >= 0.6 is 23.1 Å². The molecule has 2 amide bonds. The first-order valence-electron chi connectivity index (χ1n) is 6.35. The summed E-state index contributed by atoms with van der Waals surface area (Å²) >= 11 is 2.83. The van der Waals surface area contributed by atoms with Gasteiger partial charge in [-0.25, -0.2) is 4.79 Å². The lowest BCUT2D eigenvalue weighted by Crippen LogP contribution is -2.41. The summed E-state index contributed by atoms with van der Waals surface area (Å²) in [7, 11) is 0. The second-order valence-electron chi connectivity index (χ2n) is 4.29. The molecule has 116 valence electrons. The van der Waals surface area contributed by atoms with Crippen molar-refractivity contribution in [3.8, 4) is 0 Å². The Balaban J connectivity index is 2.16. The van der Waals surface area contributed by atoms with Gasteiger partial charge in [-0.15, -0.1) is 23.1 Å². The van der Waals surface area contributed by atoms with Gasteiger partial charge in [0.1, 0.15) is 6.04 Å². The van der Waals surface area contributed by atoms with Crippen molar-refractivity contribution in [2.24, 2.45) is 0 Å². The van der Waals surface area contributed by atoms with Gasteiger partial charge in [0.25, 0.3) is 0 Å². The van der Waals surface area contributed by atoms with Crippen molar-refractivity contribution < 1.29 is 19.5 Å². The molecule has 1 aromatic rings. The minimum Gasteiger partial charge on any atom is -0.480 e. The van der Waals surface area contributed by atoms with Gasteiger partial charge in [-0.1, -0.05) is 6.07 Å². The van der Waals surface area contributed by atoms with E-state index in [9.17, 15) is 14.4 Å². The first-order chi connectivity index (χ1) is 9.99. The van der Waals surface area contributed by atoms with Gasteiger partial charge in [-0.2, -0.15) is 0 Å². The minimum absolute atomic E-state index is 0.136. The zero-order valence-corrected chi connectivity index (χ0v) is 13.3. The Kier molecular flexibility index (Phi) is 7.84. The zero-order valence-electron chi connectivity index (χ0n) is 11.6. The number of carbonyl (C=O) groups is 3. The summed E-state index contributed by atoms with van der Waals surface area (Å²) in [5.74, 6) is -1.30. The number of carbonyl (C=O) groups excluding carboxylic acids is 2. The molecule has 0 aromatic carbocycles. The Morgan fingerprint density at radius 2 is 2.19 bits per heavy atom. The van der Waals surface area contributed by atoms with Crippen LogP contribution in [0, 0.1) is 0 Å². The summed E-state index contributed by atoms with van der Waals surface area (Å²) in [4.78, 5) is 34.5. The highest BCUT2D eigenvalue weighted by Gasteiger charge is 2.18. The Hall–Kier alpha value is -1.54. The largest absolute Gasteiger partial charge is 0.480 e. The molecule has 0 spiro atoms. The van der Waals surface area contributed by atoms with Crippen LogP contribution in [0.2, 0.25) is 0 Å². The van der Waals surface area contributed by atoms with Crippen LogP contribution in [0.25, 0.3) is 0 Å². The SMILES string of the molecule is CC(=O)NC(CSCC(=O)NCCc1cccs1)C(=O)O. The van der Waals surface area contributed by atoms with Crippen LogP contribution in [-0.4, -0.2) is 47.0 Å². The van der Waals surface area contributed by atoms with Crippen LogP contribution in [0.1, 0.15) is 11.8 Å². The van der Waals surface area contributed by atoms with E-state index in [2.05, 4.69) is 10.6 Å². The number of hydrogen-bond donors (Lipinski definition) is 3. The predicted octanol–water partition coefficient (Wildman–Crippen LogP) is 0.729. The standard InChI is InChI=1S/C13H18N2O4S2/c1-9(16)15-11(13(18)19)7-20-8-12(17)14-5-4-10-3-2-6-21-10/h2-3,6,11H,4-5,7-8H2,1H3,(H,14,17)(H,15,16)(H,18,19). The normalized spacial score (nSPS) is 11.7. The number of aliphatic carboxylic acids is 1. The highest BCUT2D eigenvalue weighted by atomic mass is 32.2. The molecule has 0 aliphatic rings. The second-order valence-corrected chi connectivity index (χ2v) is 6.35. The minimum atomic E-state index is -1.10. The van der Waals surface area contributed by atoms with Crippen molar-refractivity contribution in [2.75, 3.05) is 18.1 Å². The summed E-state index contributed by atoms with van der Waals surface area (Å²) in [5.41, 5.74) is 0. The Bertz CT molecular complexity index is 477. The summed E-state index contributed by atoms with van der Waals surface area (Å²) in [6.07, 6.45) is 0.789. The van der Waals surface area contributed by atoms with Gasteiger partial charge in [-0.05, 0) is 17.9 Å². The number of nitrogens with one attached hydrogen (secondary N) is 2. The van der Waals surface area contributed by atoms with Gasteiger partial charge in [0, 0.05) is 24.1 Å². The fourth-order valence-electron chi connectivity index (χ4n) is 1.52. The molecule has 0 fully saturated rings. The Labute approximate surface area is 131 Å². The third kappa shape index (κ3) is 7.72. The smallest absolute Gasteiger partial charge is 0.327 e. The van der Waals surface area contributed by atoms with Crippen LogP contribution in [0.5, 0.6) is 0 Å². The van der Waals surface area contributed by atoms with Crippen LogP contribution in [0.15, 0.2) is 17.5 Å². The Morgan fingerprint density at radius 3 is 2.76 bits per heavy atom. The molecule has 0 aliphatic carbocycles. The molecular formula is C13H18N2O4S2. The number of hydrogen-bond acceptors (Lipinski definition) is 5. The first-order valence-corrected chi connectivity index (χ1v) is 8.39. The maximum absolute atomic E-state index is 11.6. The first kappa shape index (κ1) is 17.5. The highest BCUT2D eigenvalue weighted by molar-refractivity contribution is 8.00. The number of rotatable bonds is 9. The van der Waals surface area contributed by atoms with Crippen LogP contribution in [-0.2, 0) is 20.8 Å². The van der Waals surface area contributed by atoms with Crippen molar-refractivity contribution >= 4 is 40.9 Å². The molecule has 0 aliphatic heterocycles. The lowest BCUT2D eigenvalue weighted by molar-refractivity contribution is -0.140. The van der Waals surface area contributed by atoms with E-state index in [0.717, 1.165) is 6.42 Å². The number of carboxylic acid groups (broad SMARTS) is 1. The van der Waals surface area contributed by atoms with Gasteiger partial charge < -0.3 is 15.7 Å². The summed E-state index contributed by atoms with van der Waals surface area (Å²) in [6.45, 7) is 1.83. The van der Waals surface area contributed by atoms with Gasteiger partial charge in [0.15, 0.2) is 0 Å². The molecule has 1 heterocycles. The van der Waals surface area contributed by atoms with Crippen molar-refractivity contribution in [3.05, 3.63) is 22.4 Å². The number of amides is 2. The third-order valence-electron chi connectivity index (χ3n) is 2.47. The molecule has 0 radical (unpaired) electrons. The third-order valence-corrected chi connectivity index (χ3v) is 4.44. The number of thiophene rings is 1. The number of carboxylic acids is 1. The molecule has 0 saturated carbocycles. The quantitative estimate of drug-likeness (QED) is 0.620. The molecule has 1 unspecified atom stereocenters. The van der Waals surface area contributed by atoms with Crippen molar-refractivity contribution in [3.63, 3.8) is 0 Å². The predicted molar refractivity (Wildman–Crippen MR) is 83.6 cm³/mol. The summed E-state index contributed by atoms with van der Waals surface area (Å²) in [5, 5.41) is 16.0. The van der Waals surface area contributed by atoms with Gasteiger partial charge in [0.05, 0.1) is 5.75 Å². The van der Waals surface area contributed by atoms with Crippen molar-refractivity contribution in [1.82, 2.24) is 10.6 Å². The monoisotopic (exact) mass is 330 g/mol. The number of thioether (sulfide) groups is 1. The summed E-state index contributed by atoms with van der Waals surface area (Å²) in [6, 6.07) is 3.01. The van der Waals surface area contributed by atoms with Crippen LogP contribution < -0.4 is 10.6 Å². The van der Waals surface area contributed by atoms with Crippen LogP contribution in [0.3, 0.4) is 0 Å². The van der Waals surface area contributed by atoms with E-state index < -0.39 is 17.9 Å². The zero-order chi connectivity index (χ0) is 15.7. The molecule has 3 N–H and O–H groups in total. The second kappa shape index (κ2) is 9.41. The molecule has 0 saturated heterocycles. The van der Waals surface area contributed by atoms with E-state index in [1.54, 1.807) is 11.3 Å². The van der Waals surface area contributed by atoms with Crippen molar-refractivity contribution in [2.45, 2.75) is 19.4 Å². The average molecular weight is 330 g/mol. The fourth-order valence-corrected chi connectivity index (χ4v) is 3.10. The van der Waals surface area contributed by atoms with Gasteiger partial charge in [0.2, 0.25) is 11.8 Å². The molecular weight excluding hydrogens is 312 g/mol. The van der Waals surface area contributed by atoms with E-state index in [-0.39, 0.29) is 17.4 Å². The molecule has 21 heavy (non-hydrogen) atoms. The van der Waals surface area contributed by atoms with E-state index in [4.69, 9.17) is 5.11 Å². The lowest BCUT2D eigenvalue weighted by atomic mass is 10.3. The van der Waals surface area contributed by atoms with E-state index in [1.165, 1.54) is 23.6 Å². The molecule has 8 heteroatoms. The molecule has 1 atom stereocenters. The Morgan fingerprint density at radius 1 is 1.43 bits per heavy atom.